The third-order valence-electron chi connectivity index (χ3n) is 23.3. The number of piperidine rings is 2. The summed E-state index contributed by atoms with van der Waals surface area (Å²) in [4.78, 5) is 117. The number of hydrogen-bond donors (Lipinski definition) is 8. The lowest BCUT2D eigenvalue weighted by atomic mass is 9.82. The molecule has 23 nitrogen and oxygen atoms in total. The number of aryl methyl sites for hydroxylation is 1. The van der Waals surface area contributed by atoms with Crippen molar-refractivity contribution in [2.45, 2.75) is 192 Å². The first-order valence-electron chi connectivity index (χ1n) is 37.7. The maximum atomic E-state index is 15.8. The van der Waals surface area contributed by atoms with Crippen LogP contribution in [0.25, 0.3) is 0 Å². The van der Waals surface area contributed by atoms with E-state index in [4.69, 9.17) is 0 Å². The number of carbonyl (C=O) groups excluding carboxylic acids is 7. The summed E-state index contributed by atoms with van der Waals surface area (Å²) in [5.41, 5.74) is 4.52. The van der Waals surface area contributed by atoms with Gasteiger partial charge in [0.25, 0.3) is 0 Å². The van der Waals surface area contributed by atoms with E-state index < -0.39 is 41.3 Å². The van der Waals surface area contributed by atoms with E-state index in [-0.39, 0.29) is 102 Å². The van der Waals surface area contributed by atoms with Crippen LogP contribution < -0.4 is 52.3 Å². The number of piperazine rings is 1. The van der Waals surface area contributed by atoms with Crippen molar-refractivity contribution in [2.24, 2.45) is 16.7 Å². The summed E-state index contributed by atoms with van der Waals surface area (Å²) >= 11 is 0. The van der Waals surface area contributed by atoms with Gasteiger partial charge in [-0.2, -0.15) is 0 Å². The Morgan fingerprint density at radius 3 is 2.24 bits per heavy atom. The number of halogens is 2. The molecular weight excluding hydrogens is 1300 g/mol. The predicted octanol–water partition coefficient (Wildman–Crippen LogP) is 6.22. The average molecular weight is 1410 g/mol. The minimum Gasteiger partial charge on any atom is -0.366 e. The van der Waals surface area contributed by atoms with Crippen LogP contribution in [-0.2, 0) is 59.6 Å². The maximum Gasteiger partial charge on any atom is 0.246 e. The molecule has 2 aliphatic carbocycles. The molecule has 12 rings (SSSR count). The monoisotopic (exact) mass is 1410 g/mol. The lowest BCUT2D eigenvalue weighted by molar-refractivity contribution is -0.143. The fourth-order valence-electron chi connectivity index (χ4n) is 17.1. The number of likely N-dealkylation sites (tertiary alicyclic amines) is 4. The second-order valence-electron chi connectivity index (χ2n) is 31.5. The van der Waals surface area contributed by atoms with Gasteiger partial charge >= 0.3 is 0 Å². The average Bonchev–Trinajstić information content (AvgIpc) is 0.956. The highest BCUT2D eigenvalue weighted by molar-refractivity contribution is 5.94. The Bertz CT molecular complexity index is 3630. The van der Waals surface area contributed by atoms with Crippen LogP contribution in [0.4, 0.5) is 26.1 Å². The second-order valence-corrected chi connectivity index (χ2v) is 31.5. The van der Waals surface area contributed by atoms with Gasteiger partial charge in [-0.1, -0.05) is 81.6 Å². The first kappa shape index (κ1) is 73.9. The highest BCUT2D eigenvalue weighted by Gasteiger charge is 2.47. The van der Waals surface area contributed by atoms with Crippen LogP contribution in [0.3, 0.4) is 0 Å². The van der Waals surface area contributed by atoms with Crippen LogP contribution in [-0.4, -0.2) is 199 Å². The van der Waals surface area contributed by atoms with Crippen molar-refractivity contribution in [3.05, 3.63) is 113 Å². The highest BCUT2D eigenvalue weighted by atomic mass is 19.1. The molecule has 7 fully saturated rings. The van der Waals surface area contributed by atoms with Crippen molar-refractivity contribution >= 4 is 58.7 Å². The van der Waals surface area contributed by atoms with Crippen LogP contribution in [0.5, 0.6) is 0 Å². The van der Waals surface area contributed by atoms with Crippen LogP contribution in [0.1, 0.15) is 164 Å². The van der Waals surface area contributed by atoms with E-state index in [1.165, 1.54) is 24.0 Å². The van der Waals surface area contributed by atoms with Crippen LogP contribution in [0.15, 0.2) is 73.1 Å². The molecule has 6 saturated heterocycles. The first-order valence-corrected chi connectivity index (χ1v) is 37.7. The fraction of sp³-hybridized carbons (Fsp3) is 0.623. The molecule has 8 N–H and O–H groups in total. The lowest BCUT2D eigenvalue weighted by Crippen LogP contribution is -2.66. The van der Waals surface area contributed by atoms with Gasteiger partial charge in [-0.25, -0.2) is 18.7 Å². The molecule has 0 radical (unpaired) electrons. The molecule has 1 unspecified atom stereocenters. The van der Waals surface area contributed by atoms with Crippen LogP contribution in [0.2, 0.25) is 0 Å². The molecular formula is C77H108F2N16O7. The predicted molar refractivity (Wildman–Crippen MR) is 388 cm³/mol. The van der Waals surface area contributed by atoms with Gasteiger partial charge in [0.2, 0.25) is 41.4 Å². The molecule has 6 aliphatic heterocycles. The van der Waals surface area contributed by atoms with Crippen LogP contribution in [0, 0.1) is 28.4 Å². The molecule has 0 bridgehead atoms. The number of likely N-dealkylation sites (N-methyl/N-ethyl adjacent to an activating group) is 1. The number of aromatic nitrogens is 2. The van der Waals surface area contributed by atoms with E-state index >= 15 is 8.78 Å². The quantitative estimate of drug-likeness (QED) is 0.0325. The normalized spacial score (nSPS) is 23.7. The largest absolute Gasteiger partial charge is 0.366 e. The Morgan fingerprint density at radius 2 is 1.45 bits per heavy atom. The second kappa shape index (κ2) is 33.3. The number of carbonyl (C=O) groups is 7. The third-order valence-corrected chi connectivity index (χ3v) is 23.3. The zero-order valence-electron chi connectivity index (χ0n) is 60.3. The van der Waals surface area contributed by atoms with E-state index in [2.05, 4.69) is 98.1 Å². The van der Waals surface area contributed by atoms with Gasteiger partial charge < -0.3 is 62.1 Å². The standard InChI is InChI=1S/C77H108F2N16O7/c1-52(80-4)72(100)88-71(56-16-6-5-7-17-56)74(102)95-45-58(39-64(95)73(101)87-62-20-11-18-55-15-8-9-19-59(55)62)86-68(97)22-21-67(96)81-29-12-30-91-33-25-76(48-91)26-34-92(49-76)46-69(98)83-43-54-14-10-13-53(37-54)42-82-65-41-66(85-51-84-65)93-35-27-77(28-36-93)50-94(47-70(99)89-77)63-40-60(78)57(38-61(63)79)44-90-31-23-75(2,3)24-32-90/h8-10,13-15,19,37-38,40-41,51-52,56,58,62,64,71,80H,5-7,11-12,16-18,20-36,39,42-50H2,1-4H3,(H,81,96)(H,83,98)(H,86,97)(H,87,101)(H,88,100)(H,89,99)(H,82,84,85)/t52-,58-,62?,64-,71-,76-/m0/s1. The van der Waals surface area contributed by atoms with E-state index in [1.807, 2.05) is 42.5 Å². The van der Waals surface area contributed by atoms with Gasteiger partial charge in [-0.3, -0.25) is 43.4 Å². The zero-order valence-corrected chi connectivity index (χ0v) is 60.3. The minimum absolute atomic E-state index is 0.00150. The fourth-order valence-corrected chi connectivity index (χ4v) is 17.1. The van der Waals surface area contributed by atoms with Crippen molar-refractivity contribution in [2.75, 3.05) is 114 Å². The number of hydrogen-bond acceptors (Lipinski definition) is 16. The van der Waals surface area contributed by atoms with Crippen molar-refractivity contribution in [1.29, 1.82) is 0 Å². The molecule has 1 saturated carbocycles. The summed E-state index contributed by atoms with van der Waals surface area (Å²) in [6, 6.07) is 17.8. The van der Waals surface area contributed by atoms with Gasteiger partial charge in [-0.15, -0.1) is 0 Å². The van der Waals surface area contributed by atoms with E-state index in [0.29, 0.717) is 76.6 Å². The minimum atomic E-state index is -0.857. The van der Waals surface area contributed by atoms with Crippen molar-refractivity contribution in [3.8, 4) is 0 Å². The highest BCUT2D eigenvalue weighted by Crippen LogP contribution is 2.40. The number of nitrogens with one attached hydrogen (secondary N) is 8. The van der Waals surface area contributed by atoms with Crippen molar-refractivity contribution < 1.29 is 42.3 Å². The Labute approximate surface area is 599 Å². The SMILES string of the molecule is CN[C@@H](C)C(=O)N[C@H](C(=O)N1C[C@@H](NC(=O)CCC(=O)NCCCN2CC[C@]3(CCN(CC(=O)NCc4cccc(CNc5cc(N6CCC7(CC6)CN(c6cc(F)c(CN8CCC(C)(C)CC8)cc6F)CC(=O)N7)ncn5)c4)C3)C2)C[C@H]1C(=O)NC1CCCc2ccccc21)C1CCCCC1. The number of amides is 7. The topological polar surface area (TPSA) is 261 Å². The smallest absolute Gasteiger partial charge is 0.246 e. The summed E-state index contributed by atoms with van der Waals surface area (Å²) in [7, 11) is 1.70. The molecule has 6 atom stereocenters. The summed E-state index contributed by atoms with van der Waals surface area (Å²) in [6.45, 7) is 16.0. The number of fused-ring (bicyclic) bond motifs is 1. The summed E-state index contributed by atoms with van der Waals surface area (Å²) < 4.78 is 31.5. The molecule has 552 valence electrons. The molecule has 2 spiro atoms. The molecule has 7 amide bonds. The van der Waals surface area contributed by atoms with E-state index in [0.717, 1.165) is 152 Å². The first-order chi connectivity index (χ1) is 49.2. The Morgan fingerprint density at radius 1 is 0.716 bits per heavy atom. The van der Waals surface area contributed by atoms with E-state index in [1.54, 1.807) is 23.8 Å². The van der Waals surface area contributed by atoms with Crippen LogP contribution >= 0.6 is 0 Å². The maximum absolute atomic E-state index is 15.8. The molecule has 1 aromatic heterocycles. The Kier molecular flexibility index (Phi) is 24.1. The molecule has 102 heavy (non-hydrogen) atoms. The summed E-state index contributed by atoms with van der Waals surface area (Å²) in [6.07, 6.45) is 15.0. The third kappa shape index (κ3) is 18.9. The number of benzene rings is 3. The number of rotatable bonds is 26. The molecule has 3 aromatic carbocycles. The van der Waals surface area contributed by atoms with Gasteiger partial charge in [0.05, 0.1) is 36.4 Å². The summed E-state index contributed by atoms with van der Waals surface area (Å²) in [5.74, 6) is -1.27. The van der Waals surface area contributed by atoms with Gasteiger partial charge in [0, 0.05) is 102 Å². The lowest BCUT2D eigenvalue weighted by Gasteiger charge is -2.48. The van der Waals surface area contributed by atoms with Gasteiger partial charge in [0.15, 0.2) is 0 Å². The Hall–Kier alpha value is -7.87. The van der Waals surface area contributed by atoms with Crippen molar-refractivity contribution in [1.82, 2.24) is 66.8 Å². The molecule has 7 heterocycles. The van der Waals surface area contributed by atoms with Gasteiger partial charge in [0.1, 0.15) is 41.7 Å². The summed E-state index contributed by atoms with van der Waals surface area (Å²) in [5, 5.41) is 25.1. The van der Waals surface area contributed by atoms with Crippen molar-refractivity contribution in [3.63, 3.8) is 0 Å². The number of anilines is 3. The Balaban J connectivity index is 0.537. The number of nitrogens with zero attached hydrogens (tertiary/aromatic N) is 8. The molecule has 25 heteroatoms. The van der Waals surface area contributed by atoms with Gasteiger partial charge in [-0.05, 0) is 175 Å². The van der Waals surface area contributed by atoms with E-state index in [9.17, 15) is 33.6 Å². The zero-order chi connectivity index (χ0) is 71.5. The molecule has 8 aliphatic rings. The molecule has 4 aromatic rings.